The Morgan fingerprint density at radius 3 is 2.67 bits per heavy atom. The maximum absolute atomic E-state index is 12.7. The van der Waals surface area contributed by atoms with Gasteiger partial charge in [0.2, 0.25) is 0 Å². The van der Waals surface area contributed by atoms with Gasteiger partial charge in [-0.25, -0.2) is 9.78 Å². The predicted octanol–water partition coefficient (Wildman–Crippen LogP) is 4.01. The number of ether oxygens (including phenoxy) is 1. The molecule has 2 heterocycles. The highest BCUT2D eigenvalue weighted by Crippen LogP contribution is 2.40. The number of rotatable bonds is 7. The van der Waals surface area contributed by atoms with E-state index in [9.17, 15) is 9.59 Å². The standard InChI is InChI=1S/C23H25N3O4/c1-4-15-5-7-16(8-6-15)13(2)24-20(27)12-29-23(28)18-11-19(17-9-10-17)25-22-21(18)14(3)26-30-22/h5-8,11,13,17H,4,9-10,12H2,1-3H3,(H,24,27). The van der Waals surface area contributed by atoms with Gasteiger partial charge in [0.25, 0.3) is 11.6 Å². The van der Waals surface area contributed by atoms with Gasteiger partial charge in [-0.05, 0) is 50.3 Å². The third-order valence-electron chi connectivity index (χ3n) is 5.45. The predicted molar refractivity (Wildman–Crippen MR) is 111 cm³/mol. The maximum atomic E-state index is 12.7. The summed E-state index contributed by atoms with van der Waals surface area (Å²) in [5, 5.41) is 7.32. The van der Waals surface area contributed by atoms with Gasteiger partial charge >= 0.3 is 5.97 Å². The molecule has 0 bridgehead atoms. The Balaban J connectivity index is 1.41. The zero-order valence-electron chi connectivity index (χ0n) is 17.4. The van der Waals surface area contributed by atoms with Crippen LogP contribution in [0.4, 0.5) is 0 Å². The molecule has 1 amide bonds. The van der Waals surface area contributed by atoms with Crippen LogP contribution in [-0.4, -0.2) is 28.6 Å². The van der Waals surface area contributed by atoms with Crippen LogP contribution >= 0.6 is 0 Å². The summed E-state index contributed by atoms with van der Waals surface area (Å²) >= 11 is 0. The first-order valence-electron chi connectivity index (χ1n) is 10.3. The molecule has 1 fully saturated rings. The van der Waals surface area contributed by atoms with Gasteiger partial charge in [0.05, 0.1) is 22.7 Å². The average Bonchev–Trinajstić information content (AvgIpc) is 3.54. The monoisotopic (exact) mass is 407 g/mol. The number of benzene rings is 1. The molecule has 1 aromatic carbocycles. The molecule has 2 aromatic heterocycles. The van der Waals surface area contributed by atoms with Crippen LogP contribution in [0.2, 0.25) is 0 Å². The number of fused-ring (bicyclic) bond motifs is 1. The lowest BCUT2D eigenvalue weighted by atomic mass is 10.1. The number of esters is 1. The summed E-state index contributed by atoms with van der Waals surface area (Å²) in [6, 6.07) is 9.64. The van der Waals surface area contributed by atoms with Crippen molar-refractivity contribution in [2.24, 2.45) is 0 Å². The minimum absolute atomic E-state index is 0.184. The van der Waals surface area contributed by atoms with E-state index in [0.29, 0.717) is 28.3 Å². The van der Waals surface area contributed by atoms with Crippen LogP contribution < -0.4 is 5.32 Å². The topological polar surface area (TPSA) is 94.3 Å². The molecule has 0 aliphatic heterocycles. The third-order valence-corrected chi connectivity index (χ3v) is 5.45. The van der Waals surface area contributed by atoms with Crippen LogP contribution in [0.1, 0.15) is 71.5 Å². The minimum atomic E-state index is -0.578. The fourth-order valence-electron chi connectivity index (χ4n) is 3.48. The van der Waals surface area contributed by atoms with Crippen molar-refractivity contribution in [3.05, 3.63) is 58.4 Å². The number of amides is 1. The van der Waals surface area contributed by atoms with E-state index in [0.717, 1.165) is 30.5 Å². The number of aryl methyl sites for hydroxylation is 2. The first-order valence-corrected chi connectivity index (χ1v) is 10.3. The zero-order chi connectivity index (χ0) is 21.3. The minimum Gasteiger partial charge on any atom is -0.452 e. The van der Waals surface area contributed by atoms with Gasteiger partial charge in [-0.3, -0.25) is 4.79 Å². The van der Waals surface area contributed by atoms with Crippen LogP contribution in [0.3, 0.4) is 0 Å². The second-order valence-corrected chi connectivity index (χ2v) is 7.78. The molecule has 1 unspecified atom stereocenters. The van der Waals surface area contributed by atoms with Gasteiger partial charge in [-0.15, -0.1) is 0 Å². The highest BCUT2D eigenvalue weighted by atomic mass is 16.5. The van der Waals surface area contributed by atoms with Crippen molar-refractivity contribution in [3.63, 3.8) is 0 Å². The van der Waals surface area contributed by atoms with E-state index < -0.39 is 5.97 Å². The summed E-state index contributed by atoms with van der Waals surface area (Å²) in [4.78, 5) is 29.5. The molecule has 0 saturated heterocycles. The molecular formula is C23H25N3O4. The number of nitrogens with zero attached hydrogens (tertiary/aromatic N) is 2. The van der Waals surface area contributed by atoms with Crippen molar-refractivity contribution in [2.45, 2.75) is 52.0 Å². The quantitative estimate of drug-likeness (QED) is 0.595. The molecule has 0 spiro atoms. The zero-order valence-corrected chi connectivity index (χ0v) is 17.4. The molecule has 1 aliphatic carbocycles. The van der Waals surface area contributed by atoms with Gasteiger partial charge in [0.15, 0.2) is 6.61 Å². The van der Waals surface area contributed by atoms with Crippen LogP contribution in [-0.2, 0) is 16.0 Å². The molecule has 156 valence electrons. The summed E-state index contributed by atoms with van der Waals surface area (Å²) in [6.45, 7) is 5.39. The van der Waals surface area contributed by atoms with E-state index in [1.54, 1.807) is 13.0 Å². The first kappa shape index (κ1) is 20.1. The van der Waals surface area contributed by atoms with Gasteiger partial charge in [-0.1, -0.05) is 36.3 Å². The van der Waals surface area contributed by atoms with E-state index >= 15 is 0 Å². The summed E-state index contributed by atoms with van der Waals surface area (Å²) in [6.07, 6.45) is 3.05. The lowest BCUT2D eigenvalue weighted by molar-refractivity contribution is -0.124. The Bertz CT molecular complexity index is 1080. The smallest absolute Gasteiger partial charge is 0.339 e. The number of carbonyl (C=O) groups excluding carboxylic acids is 2. The summed E-state index contributed by atoms with van der Waals surface area (Å²) in [5.41, 5.74) is 4.29. The van der Waals surface area contributed by atoms with E-state index in [4.69, 9.17) is 9.26 Å². The largest absolute Gasteiger partial charge is 0.452 e. The van der Waals surface area contributed by atoms with Crippen molar-refractivity contribution in [2.75, 3.05) is 6.61 Å². The van der Waals surface area contributed by atoms with Gasteiger partial charge < -0.3 is 14.6 Å². The Kier molecular flexibility index (Phi) is 5.53. The van der Waals surface area contributed by atoms with Crippen LogP contribution in [0.25, 0.3) is 11.1 Å². The van der Waals surface area contributed by atoms with Gasteiger partial charge in [-0.2, -0.15) is 0 Å². The van der Waals surface area contributed by atoms with Crippen LogP contribution in [0, 0.1) is 6.92 Å². The van der Waals surface area contributed by atoms with Crippen molar-refractivity contribution >= 4 is 23.0 Å². The SMILES string of the molecule is CCc1ccc(C(C)NC(=O)COC(=O)c2cc(C3CC3)nc3onc(C)c23)cc1. The molecule has 1 saturated carbocycles. The fourth-order valence-corrected chi connectivity index (χ4v) is 3.48. The lowest BCUT2D eigenvalue weighted by Gasteiger charge is -2.15. The highest BCUT2D eigenvalue weighted by Gasteiger charge is 2.29. The summed E-state index contributed by atoms with van der Waals surface area (Å²) < 4.78 is 10.6. The molecule has 3 aromatic rings. The molecule has 30 heavy (non-hydrogen) atoms. The highest BCUT2D eigenvalue weighted by molar-refractivity contribution is 6.03. The first-order chi connectivity index (χ1) is 14.5. The maximum Gasteiger partial charge on any atom is 0.339 e. The summed E-state index contributed by atoms with van der Waals surface area (Å²) in [5.74, 6) is -0.592. The molecule has 0 radical (unpaired) electrons. The number of hydrogen-bond donors (Lipinski definition) is 1. The van der Waals surface area contributed by atoms with E-state index in [-0.39, 0.29) is 18.6 Å². The Hall–Kier alpha value is -3.22. The van der Waals surface area contributed by atoms with Crippen molar-refractivity contribution in [1.82, 2.24) is 15.5 Å². The van der Waals surface area contributed by atoms with Crippen molar-refractivity contribution in [1.29, 1.82) is 0 Å². The third kappa shape index (κ3) is 4.20. The van der Waals surface area contributed by atoms with Crippen molar-refractivity contribution < 1.29 is 18.8 Å². The molecule has 7 heteroatoms. The second-order valence-electron chi connectivity index (χ2n) is 7.78. The number of nitrogens with one attached hydrogen (secondary N) is 1. The molecule has 7 nitrogen and oxygen atoms in total. The van der Waals surface area contributed by atoms with Crippen molar-refractivity contribution in [3.8, 4) is 0 Å². The normalized spacial score (nSPS) is 14.5. The Morgan fingerprint density at radius 1 is 1.27 bits per heavy atom. The van der Waals surface area contributed by atoms with Gasteiger partial charge in [0.1, 0.15) is 0 Å². The Morgan fingerprint density at radius 2 is 2.00 bits per heavy atom. The van der Waals surface area contributed by atoms with E-state index in [1.807, 2.05) is 31.2 Å². The molecule has 1 N–H and O–H groups in total. The average molecular weight is 407 g/mol. The van der Waals surface area contributed by atoms with E-state index in [1.165, 1.54) is 5.56 Å². The summed E-state index contributed by atoms with van der Waals surface area (Å²) in [7, 11) is 0. The Labute approximate surface area is 174 Å². The number of aromatic nitrogens is 2. The molecule has 1 aliphatic rings. The van der Waals surface area contributed by atoms with Crippen LogP contribution in [0.15, 0.2) is 34.9 Å². The molecule has 4 rings (SSSR count). The fraction of sp³-hybridized carbons (Fsp3) is 0.391. The molecule has 1 atom stereocenters. The second kappa shape index (κ2) is 8.26. The number of carbonyl (C=O) groups is 2. The van der Waals surface area contributed by atoms with Gasteiger partial charge in [0, 0.05) is 11.6 Å². The number of pyridine rings is 1. The van der Waals surface area contributed by atoms with E-state index in [2.05, 4.69) is 22.4 Å². The van der Waals surface area contributed by atoms with Crippen LogP contribution in [0.5, 0.6) is 0 Å². The molecular weight excluding hydrogens is 382 g/mol. The lowest BCUT2D eigenvalue weighted by Crippen LogP contribution is -2.31. The number of hydrogen-bond acceptors (Lipinski definition) is 6.